The highest BCUT2D eigenvalue weighted by molar-refractivity contribution is 7.89. The maximum absolute atomic E-state index is 13.0. The third-order valence-corrected chi connectivity index (χ3v) is 6.73. The lowest BCUT2D eigenvalue weighted by Gasteiger charge is -2.19. The minimum absolute atomic E-state index is 0.0465. The fourth-order valence-electron chi connectivity index (χ4n) is 3.22. The monoisotopic (exact) mass is 402 g/mol. The Kier molecular flexibility index (Phi) is 6.36. The van der Waals surface area contributed by atoms with E-state index in [1.807, 2.05) is 24.3 Å². The van der Waals surface area contributed by atoms with E-state index in [4.69, 9.17) is 4.74 Å². The highest BCUT2D eigenvalue weighted by Gasteiger charge is 2.30. The van der Waals surface area contributed by atoms with Crippen molar-refractivity contribution in [1.82, 2.24) is 4.31 Å². The van der Waals surface area contributed by atoms with Crippen molar-refractivity contribution >= 4 is 21.6 Å². The molecule has 3 rings (SSSR count). The maximum Gasteiger partial charge on any atom is 0.255 e. The molecule has 1 fully saturated rings. The summed E-state index contributed by atoms with van der Waals surface area (Å²) in [6.45, 7) is 5.20. The van der Waals surface area contributed by atoms with Gasteiger partial charge in [0.25, 0.3) is 5.91 Å². The van der Waals surface area contributed by atoms with E-state index in [2.05, 4.69) is 12.2 Å². The summed E-state index contributed by atoms with van der Waals surface area (Å²) in [6, 6.07) is 12.1. The molecular weight excluding hydrogens is 376 g/mol. The largest absolute Gasteiger partial charge is 0.492 e. The fourth-order valence-corrected chi connectivity index (χ4v) is 4.89. The molecule has 0 aliphatic carbocycles. The molecule has 150 valence electrons. The number of hydrogen-bond donors (Lipinski definition) is 1. The summed E-state index contributed by atoms with van der Waals surface area (Å²) in [5.74, 6) is -0.0802. The predicted octanol–water partition coefficient (Wildman–Crippen LogP) is 3.68. The zero-order valence-corrected chi connectivity index (χ0v) is 17.1. The third kappa shape index (κ3) is 4.36. The van der Waals surface area contributed by atoms with E-state index in [-0.39, 0.29) is 22.1 Å². The van der Waals surface area contributed by atoms with Gasteiger partial charge in [-0.1, -0.05) is 19.1 Å². The average Bonchev–Trinajstić information content (AvgIpc) is 3.25. The summed E-state index contributed by atoms with van der Waals surface area (Å²) in [5.41, 5.74) is 2.12. The molecule has 0 saturated carbocycles. The van der Waals surface area contributed by atoms with Gasteiger partial charge in [0, 0.05) is 24.3 Å². The second-order valence-electron chi connectivity index (χ2n) is 6.71. The molecule has 7 heteroatoms. The van der Waals surface area contributed by atoms with Gasteiger partial charge in [-0.05, 0) is 62.1 Å². The first-order chi connectivity index (χ1) is 13.5. The molecule has 0 spiro atoms. The lowest BCUT2D eigenvalue weighted by Crippen LogP contribution is -2.28. The highest BCUT2D eigenvalue weighted by Crippen LogP contribution is 2.30. The van der Waals surface area contributed by atoms with Gasteiger partial charge < -0.3 is 10.1 Å². The number of nitrogens with one attached hydrogen (secondary N) is 1. The molecule has 1 aliphatic heterocycles. The zero-order valence-electron chi connectivity index (χ0n) is 16.3. The number of benzene rings is 2. The van der Waals surface area contributed by atoms with Crippen LogP contribution in [-0.2, 0) is 16.4 Å². The number of amides is 1. The number of carbonyl (C=O) groups excluding carboxylic acids is 1. The molecule has 1 N–H and O–H groups in total. The number of carbonyl (C=O) groups is 1. The van der Waals surface area contributed by atoms with Crippen molar-refractivity contribution in [1.29, 1.82) is 0 Å². The van der Waals surface area contributed by atoms with Crippen LogP contribution in [0.5, 0.6) is 5.75 Å². The van der Waals surface area contributed by atoms with Crippen molar-refractivity contribution in [3.8, 4) is 5.75 Å². The quantitative estimate of drug-likeness (QED) is 0.766. The first kappa shape index (κ1) is 20.4. The van der Waals surface area contributed by atoms with Gasteiger partial charge >= 0.3 is 0 Å². The molecule has 0 unspecified atom stereocenters. The smallest absolute Gasteiger partial charge is 0.255 e. The summed E-state index contributed by atoms with van der Waals surface area (Å²) < 4.78 is 33.1. The summed E-state index contributed by atoms with van der Waals surface area (Å²) in [6.07, 6.45) is 2.61. The molecule has 1 aliphatic rings. The van der Waals surface area contributed by atoms with E-state index in [0.29, 0.717) is 25.4 Å². The molecule has 2 aromatic carbocycles. The predicted molar refractivity (Wildman–Crippen MR) is 109 cm³/mol. The van der Waals surface area contributed by atoms with E-state index in [9.17, 15) is 13.2 Å². The topological polar surface area (TPSA) is 75.7 Å². The van der Waals surface area contributed by atoms with Crippen molar-refractivity contribution < 1.29 is 17.9 Å². The van der Waals surface area contributed by atoms with Crippen LogP contribution in [0.4, 0.5) is 5.69 Å². The Hall–Kier alpha value is -2.38. The van der Waals surface area contributed by atoms with E-state index in [1.165, 1.54) is 15.9 Å². The lowest BCUT2D eigenvalue weighted by molar-refractivity contribution is 0.102. The summed E-state index contributed by atoms with van der Waals surface area (Å²) in [5, 5.41) is 2.82. The average molecular weight is 403 g/mol. The van der Waals surface area contributed by atoms with Gasteiger partial charge in [-0.15, -0.1) is 0 Å². The van der Waals surface area contributed by atoms with Crippen LogP contribution in [0, 0.1) is 0 Å². The number of anilines is 1. The first-order valence-corrected chi connectivity index (χ1v) is 11.1. The minimum atomic E-state index is -3.70. The van der Waals surface area contributed by atoms with Crippen LogP contribution >= 0.6 is 0 Å². The molecule has 2 aromatic rings. The second kappa shape index (κ2) is 8.75. The molecular formula is C21H26N2O4S. The van der Waals surface area contributed by atoms with Crippen molar-refractivity contribution in [3.63, 3.8) is 0 Å². The van der Waals surface area contributed by atoms with Crippen LogP contribution in [0.25, 0.3) is 0 Å². The lowest BCUT2D eigenvalue weighted by atomic mass is 10.1. The van der Waals surface area contributed by atoms with Gasteiger partial charge in [0.1, 0.15) is 10.6 Å². The normalized spacial score (nSPS) is 14.8. The number of aryl methyl sites for hydroxylation is 1. The van der Waals surface area contributed by atoms with Gasteiger partial charge in [-0.2, -0.15) is 4.31 Å². The van der Waals surface area contributed by atoms with E-state index < -0.39 is 10.0 Å². The van der Waals surface area contributed by atoms with Crippen LogP contribution in [0.15, 0.2) is 47.4 Å². The van der Waals surface area contributed by atoms with Gasteiger partial charge in [0.05, 0.1) is 6.61 Å². The molecule has 1 saturated heterocycles. The molecule has 28 heavy (non-hydrogen) atoms. The second-order valence-corrected chi connectivity index (χ2v) is 8.62. The van der Waals surface area contributed by atoms with Crippen LogP contribution in [0.2, 0.25) is 0 Å². The standard InChI is InChI=1S/C21H26N2O4S/c1-3-16-7-10-18(11-8-16)22-21(24)17-9-12-19(27-4-2)20(15-17)28(25,26)23-13-5-6-14-23/h7-12,15H,3-6,13-14H2,1-2H3,(H,22,24). The van der Waals surface area contributed by atoms with Crippen LogP contribution in [0.3, 0.4) is 0 Å². The Morgan fingerprint density at radius 3 is 2.36 bits per heavy atom. The van der Waals surface area contributed by atoms with E-state index in [0.717, 1.165) is 19.3 Å². The fraction of sp³-hybridized carbons (Fsp3) is 0.381. The Morgan fingerprint density at radius 2 is 1.75 bits per heavy atom. The third-order valence-electron chi connectivity index (χ3n) is 4.81. The molecule has 1 heterocycles. The Balaban J connectivity index is 1.90. The van der Waals surface area contributed by atoms with Gasteiger partial charge in [0.2, 0.25) is 10.0 Å². The summed E-state index contributed by atoms with van der Waals surface area (Å²) in [4.78, 5) is 12.7. The van der Waals surface area contributed by atoms with Crippen molar-refractivity contribution in [2.24, 2.45) is 0 Å². The van der Waals surface area contributed by atoms with Gasteiger partial charge in [0.15, 0.2) is 0 Å². The SMILES string of the molecule is CCOc1ccc(C(=O)Nc2ccc(CC)cc2)cc1S(=O)(=O)N1CCCC1. The molecule has 0 radical (unpaired) electrons. The van der Waals surface area contributed by atoms with Crippen molar-refractivity contribution in [2.75, 3.05) is 25.0 Å². The number of rotatable bonds is 7. The number of ether oxygens (including phenoxy) is 1. The number of hydrogen-bond acceptors (Lipinski definition) is 4. The van der Waals surface area contributed by atoms with Gasteiger partial charge in [-0.3, -0.25) is 4.79 Å². The molecule has 6 nitrogen and oxygen atoms in total. The Morgan fingerprint density at radius 1 is 1.07 bits per heavy atom. The molecule has 0 atom stereocenters. The number of nitrogens with zero attached hydrogens (tertiary/aromatic N) is 1. The molecule has 1 amide bonds. The maximum atomic E-state index is 13.0. The number of sulfonamides is 1. The van der Waals surface area contributed by atoms with Crippen LogP contribution in [-0.4, -0.2) is 38.3 Å². The Bertz CT molecular complexity index is 933. The molecule has 0 aromatic heterocycles. The van der Waals surface area contributed by atoms with Crippen LogP contribution < -0.4 is 10.1 Å². The summed E-state index contributed by atoms with van der Waals surface area (Å²) >= 11 is 0. The van der Waals surface area contributed by atoms with Crippen molar-refractivity contribution in [2.45, 2.75) is 38.0 Å². The van der Waals surface area contributed by atoms with Crippen LogP contribution in [0.1, 0.15) is 42.6 Å². The summed E-state index contributed by atoms with van der Waals surface area (Å²) in [7, 11) is -3.70. The van der Waals surface area contributed by atoms with E-state index in [1.54, 1.807) is 19.1 Å². The van der Waals surface area contributed by atoms with E-state index >= 15 is 0 Å². The first-order valence-electron chi connectivity index (χ1n) is 9.63. The Labute approximate surface area is 166 Å². The zero-order chi connectivity index (χ0) is 20.1. The molecule has 0 bridgehead atoms. The highest BCUT2D eigenvalue weighted by atomic mass is 32.2. The van der Waals surface area contributed by atoms with Crippen molar-refractivity contribution in [3.05, 3.63) is 53.6 Å². The van der Waals surface area contributed by atoms with Gasteiger partial charge in [-0.25, -0.2) is 8.42 Å². The minimum Gasteiger partial charge on any atom is -0.492 e.